The minimum absolute atomic E-state index is 0.0354. The predicted octanol–water partition coefficient (Wildman–Crippen LogP) is 6.30. The van der Waals surface area contributed by atoms with E-state index in [-0.39, 0.29) is 22.8 Å². The van der Waals surface area contributed by atoms with Crippen LogP contribution in [0, 0.1) is 0 Å². The molecule has 224 valence electrons. The number of sulfonamides is 1. The first kappa shape index (κ1) is 30.5. The van der Waals surface area contributed by atoms with E-state index in [0.29, 0.717) is 34.8 Å². The number of ether oxygens (including phenoxy) is 2. The average molecular weight is 629 g/mol. The van der Waals surface area contributed by atoms with E-state index in [1.807, 2.05) is 60.5 Å². The van der Waals surface area contributed by atoms with Crippen molar-refractivity contribution in [2.75, 3.05) is 18.5 Å². The molecular formula is C33H29ClN4O5S. The van der Waals surface area contributed by atoms with Gasteiger partial charge in [-0.15, -0.1) is 0 Å². The van der Waals surface area contributed by atoms with E-state index in [1.165, 1.54) is 30.5 Å². The lowest BCUT2D eigenvalue weighted by molar-refractivity contribution is 0.0978. The third kappa shape index (κ3) is 8.12. The highest BCUT2D eigenvalue weighted by molar-refractivity contribution is 7.90. The fourth-order valence-electron chi connectivity index (χ4n) is 4.16. The number of hydrogen-bond acceptors (Lipinski definition) is 8. The largest absolute Gasteiger partial charge is 0.487 e. The molecule has 0 aliphatic carbocycles. The van der Waals surface area contributed by atoms with Crippen molar-refractivity contribution < 1.29 is 22.7 Å². The maximum absolute atomic E-state index is 13.3. The van der Waals surface area contributed by atoms with Crippen LogP contribution in [0.5, 0.6) is 17.2 Å². The second-order valence-corrected chi connectivity index (χ2v) is 11.9. The summed E-state index contributed by atoms with van der Waals surface area (Å²) < 4.78 is 40.0. The SMILES string of the molecule is CN(CCc1ccccc1)c1ncc(C(=O)NS(=O)(=O)c2ccc(Oc3ccccc3)cc2)c(COc2ccc(Cl)cc2)n1. The first-order valence-electron chi connectivity index (χ1n) is 13.7. The van der Waals surface area contributed by atoms with E-state index in [0.717, 1.165) is 12.0 Å². The Morgan fingerprint density at radius 3 is 2.14 bits per heavy atom. The van der Waals surface area contributed by atoms with Gasteiger partial charge in [-0.25, -0.2) is 23.1 Å². The Balaban J connectivity index is 1.33. The summed E-state index contributed by atoms with van der Waals surface area (Å²) in [5.74, 6) is 1.04. The number of benzene rings is 4. The lowest BCUT2D eigenvalue weighted by atomic mass is 10.1. The van der Waals surface area contributed by atoms with E-state index < -0.39 is 15.9 Å². The summed E-state index contributed by atoms with van der Waals surface area (Å²) in [5, 5.41) is 0.548. The van der Waals surface area contributed by atoms with Gasteiger partial charge in [-0.1, -0.05) is 60.1 Å². The lowest BCUT2D eigenvalue weighted by Gasteiger charge is -2.19. The summed E-state index contributed by atoms with van der Waals surface area (Å²) in [6.45, 7) is 0.503. The van der Waals surface area contributed by atoms with Crippen LogP contribution < -0.4 is 19.1 Å². The van der Waals surface area contributed by atoms with Crippen LogP contribution in [-0.4, -0.2) is 37.9 Å². The Labute approximate surface area is 261 Å². The highest BCUT2D eigenvalue weighted by atomic mass is 35.5. The van der Waals surface area contributed by atoms with Gasteiger partial charge in [0.2, 0.25) is 5.95 Å². The van der Waals surface area contributed by atoms with Crippen molar-refractivity contribution in [3.8, 4) is 17.2 Å². The molecule has 0 aliphatic rings. The van der Waals surface area contributed by atoms with Crippen LogP contribution >= 0.6 is 11.6 Å². The number of carbonyl (C=O) groups is 1. The fourth-order valence-corrected chi connectivity index (χ4v) is 5.25. The van der Waals surface area contributed by atoms with Crippen LogP contribution in [0.25, 0.3) is 0 Å². The van der Waals surface area contributed by atoms with E-state index >= 15 is 0 Å². The second kappa shape index (κ2) is 14.0. The molecule has 1 N–H and O–H groups in total. The first-order valence-corrected chi connectivity index (χ1v) is 15.5. The number of halogens is 1. The monoisotopic (exact) mass is 628 g/mol. The molecule has 0 radical (unpaired) electrons. The topological polar surface area (TPSA) is 111 Å². The normalized spacial score (nSPS) is 11.0. The highest BCUT2D eigenvalue weighted by Crippen LogP contribution is 2.23. The lowest BCUT2D eigenvalue weighted by Crippen LogP contribution is -2.32. The summed E-state index contributed by atoms with van der Waals surface area (Å²) in [5.41, 5.74) is 1.34. The zero-order valence-electron chi connectivity index (χ0n) is 23.8. The van der Waals surface area contributed by atoms with Crippen LogP contribution in [0.1, 0.15) is 21.6 Å². The predicted molar refractivity (Wildman–Crippen MR) is 169 cm³/mol. The number of likely N-dealkylation sites (N-methyl/N-ethyl adjacent to an activating group) is 1. The molecule has 44 heavy (non-hydrogen) atoms. The van der Waals surface area contributed by atoms with Gasteiger partial charge >= 0.3 is 0 Å². The molecule has 1 amide bonds. The van der Waals surface area contributed by atoms with Crippen LogP contribution in [0.4, 0.5) is 5.95 Å². The number of carbonyl (C=O) groups excluding carboxylic acids is 1. The molecule has 1 heterocycles. The number of nitrogens with one attached hydrogen (secondary N) is 1. The first-order chi connectivity index (χ1) is 21.3. The van der Waals surface area contributed by atoms with Gasteiger partial charge in [0.1, 0.15) is 23.9 Å². The highest BCUT2D eigenvalue weighted by Gasteiger charge is 2.23. The van der Waals surface area contributed by atoms with Gasteiger partial charge in [-0.05, 0) is 72.6 Å². The van der Waals surface area contributed by atoms with Gasteiger partial charge in [0.05, 0.1) is 16.2 Å². The minimum atomic E-state index is -4.23. The van der Waals surface area contributed by atoms with E-state index in [2.05, 4.69) is 14.7 Å². The van der Waals surface area contributed by atoms with Crippen molar-refractivity contribution in [1.82, 2.24) is 14.7 Å². The van der Waals surface area contributed by atoms with Gasteiger partial charge in [-0.3, -0.25) is 4.79 Å². The Hall–Kier alpha value is -4.93. The van der Waals surface area contributed by atoms with Crippen molar-refractivity contribution in [1.29, 1.82) is 0 Å². The number of hydrogen-bond donors (Lipinski definition) is 1. The van der Waals surface area contributed by atoms with Crippen LogP contribution in [0.2, 0.25) is 5.02 Å². The number of para-hydroxylation sites is 1. The number of nitrogens with zero attached hydrogens (tertiary/aromatic N) is 3. The molecule has 0 atom stereocenters. The molecule has 0 aliphatic heterocycles. The van der Waals surface area contributed by atoms with E-state index in [1.54, 1.807) is 36.4 Å². The smallest absolute Gasteiger partial charge is 0.268 e. The van der Waals surface area contributed by atoms with E-state index in [9.17, 15) is 13.2 Å². The zero-order chi connectivity index (χ0) is 30.9. The van der Waals surface area contributed by atoms with Crippen LogP contribution in [-0.2, 0) is 23.1 Å². The summed E-state index contributed by atoms with van der Waals surface area (Å²) in [4.78, 5) is 24.0. The Bertz CT molecular complexity index is 1810. The molecule has 5 rings (SSSR count). The average Bonchev–Trinajstić information content (AvgIpc) is 3.04. The maximum Gasteiger partial charge on any atom is 0.268 e. The molecule has 0 bridgehead atoms. The third-order valence-corrected chi connectivity index (χ3v) is 8.15. The maximum atomic E-state index is 13.3. The molecule has 0 spiro atoms. The molecule has 9 nitrogen and oxygen atoms in total. The second-order valence-electron chi connectivity index (χ2n) is 9.75. The fraction of sp³-hybridized carbons (Fsp3) is 0.121. The molecule has 5 aromatic rings. The van der Waals surface area contributed by atoms with Crippen molar-refractivity contribution in [3.05, 3.63) is 137 Å². The quantitative estimate of drug-likeness (QED) is 0.171. The van der Waals surface area contributed by atoms with Crippen molar-refractivity contribution >= 4 is 33.5 Å². The molecule has 0 fully saturated rings. The Kier molecular flexibility index (Phi) is 9.73. The standard InChI is InChI=1S/C33H29ClN4O5S/c1-38(21-20-24-8-4-2-5-9-24)33-35-22-30(31(36-33)23-42-26-14-12-25(34)13-15-26)32(39)37-44(40,41)29-18-16-28(17-19-29)43-27-10-6-3-7-11-27/h2-19,22H,20-21,23H2,1H3,(H,37,39). The van der Waals surface area contributed by atoms with Crippen LogP contribution in [0.15, 0.2) is 120 Å². The molecule has 0 saturated heterocycles. The summed E-state index contributed by atoms with van der Waals surface area (Å²) >= 11 is 5.98. The molecule has 11 heteroatoms. The third-order valence-electron chi connectivity index (χ3n) is 6.55. The van der Waals surface area contributed by atoms with Gasteiger partial charge in [0, 0.05) is 24.8 Å². The van der Waals surface area contributed by atoms with Crippen molar-refractivity contribution in [2.24, 2.45) is 0 Å². The van der Waals surface area contributed by atoms with Gasteiger partial charge in [-0.2, -0.15) is 0 Å². The number of rotatable bonds is 12. The van der Waals surface area contributed by atoms with Gasteiger partial charge in [0.15, 0.2) is 0 Å². The summed E-state index contributed by atoms with van der Waals surface area (Å²) in [6, 6.07) is 31.6. The van der Waals surface area contributed by atoms with Crippen molar-refractivity contribution in [2.45, 2.75) is 17.9 Å². The summed E-state index contributed by atoms with van der Waals surface area (Å²) in [7, 11) is -2.38. The Morgan fingerprint density at radius 1 is 0.841 bits per heavy atom. The molecule has 0 unspecified atom stereocenters. The van der Waals surface area contributed by atoms with Crippen LogP contribution in [0.3, 0.4) is 0 Å². The van der Waals surface area contributed by atoms with Crippen molar-refractivity contribution in [3.63, 3.8) is 0 Å². The molecule has 0 saturated carbocycles. The molecular weight excluding hydrogens is 600 g/mol. The van der Waals surface area contributed by atoms with E-state index in [4.69, 9.17) is 21.1 Å². The Morgan fingerprint density at radius 2 is 1.45 bits per heavy atom. The zero-order valence-corrected chi connectivity index (χ0v) is 25.3. The summed E-state index contributed by atoms with van der Waals surface area (Å²) in [6.07, 6.45) is 2.07. The number of amides is 1. The minimum Gasteiger partial charge on any atom is -0.487 e. The number of anilines is 1. The molecule has 1 aromatic heterocycles. The van der Waals surface area contributed by atoms with Gasteiger partial charge in [0.25, 0.3) is 15.9 Å². The van der Waals surface area contributed by atoms with Gasteiger partial charge < -0.3 is 14.4 Å². The molecule has 4 aromatic carbocycles. The number of aromatic nitrogens is 2.